The molecule has 0 aliphatic heterocycles. The number of benzene rings is 1. The van der Waals surface area contributed by atoms with E-state index in [0.29, 0.717) is 6.04 Å². The molecular formula is C17H25N3. The van der Waals surface area contributed by atoms with Crippen LogP contribution in [0.15, 0.2) is 47.5 Å². The average molecular weight is 271 g/mol. The summed E-state index contributed by atoms with van der Waals surface area (Å²) in [5.41, 5.74) is 1.39. The van der Waals surface area contributed by atoms with Crippen molar-refractivity contribution < 1.29 is 0 Å². The van der Waals surface area contributed by atoms with E-state index in [4.69, 9.17) is 0 Å². The van der Waals surface area contributed by atoms with E-state index in [-0.39, 0.29) is 0 Å². The first-order valence-corrected chi connectivity index (χ1v) is 7.62. The third-order valence-electron chi connectivity index (χ3n) is 3.43. The van der Waals surface area contributed by atoms with Crippen LogP contribution < -0.4 is 10.6 Å². The summed E-state index contributed by atoms with van der Waals surface area (Å²) in [6, 6.07) is 11.1. The number of nitrogens with one attached hydrogen (secondary N) is 2. The Labute approximate surface area is 122 Å². The molecule has 1 aromatic rings. The van der Waals surface area contributed by atoms with Crippen molar-refractivity contribution in [2.75, 3.05) is 13.1 Å². The fourth-order valence-electron chi connectivity index (χ4n) is 2.37. The molecular weight excluding hydrogens is 246 g/mol. The van der Waals surface area contributed by atoms with Crippen molar-refractivity contribution in [3.05, 3.63) is 48.0 Å². The number of nitrogens with zero attached hydrogens (tertiary/aromatic N) is 1. The van der Waals surface area contributed by atoms with Crippen LogP contribution in [0, 0.1) is 0 Å². The van der Waals surface area contributed by atoms with E-state index >= 15 is 0 Å². The van der Waals surface area contributed by atoms with Crippen LogP contribution in [0.5, 0.6) is 0 Å². The molecule has 0 saturated carbocycles. The zero-order valence-corrected chi connectivity index (χ0v) is 12.3. The molecule has 0 unspecified atom stereocenters. The summed E-state index contributed by atoms with van der Waals surface area (Å²) in [6.07, 6.45) is 8.86. The molecule has 0 fully saturated rings. The van der Waals surface area contributed by atoms with Gasteiger partial charge < -0.3 is 10.6 Å². The smallest absolute Gasteiger partial charge is 0.191 e. The number of guanidine groups is 1. The minimum Gasteiger partial charge on any atom is -0.357 e. The van der Waals surface area contributed by atoms with Gasteiger partial charge in [0.15, 0.2) is 5.96 Å². The Morgan fingerprint density at radius 2 is 1.95 bits per heavy atom. The molecule has 1 aliphatic rings. The van der Waals surface area contributed by atoms with Crippen LogP contribution in [0.1, 0.15) is 31.7 Å². The quantitative estimate of drug-likeness (QED) is 0.361. The number of rotatable bonds is 6. The van der Waals surface area contributed by atoms with Crippen LogP contribution >= 0.6 is 0 Å². The minimum atomic E-state index is 0.516. The molecule has 0 radical (unpaired) electrons. The molecule has 3 nitrogen and oxygen atoms in total. The summed E-state index contributed by atoms with van der Waals surface area (Å²) in [5, 5.41) is 6.81. The first kappa shape index (κ1) is 14.6. The number of aryl methyl sites for hydroxylation is 1. The molecule has 2 rings (SSSR count). The summed E-state index contributed by atoms with van der Waals surface area (Å²) >= 11 is 0. The van der Waals surface area contributed by atoms with Gasteiger partial charge in [0.1, 0.15) is 0 Å². The van der Waals surface area contributed by atoms with Crippen molar-refractivity contribution in [2.24, 2.45) is 4.99 Å². The zero-order chi connectivity index (χ0) is 14.0. The lowest BCUT2D eigenvalue weighted by Gasteiger charge is -2.16. The Morgan fingerprint density at radius 1 is 1.20 bits per heavy atom. The molecule has 0 bridgehead atoms. The molecule has 2 N–H and O–H groups in total. The number of aliphatic imine (C=N–C) groups is 1. The molecule has 0 atom stereocenters. The third-order valence-corrected chi connectivity index (χ3v) is 3.43. The second kappa shape index (κ2) is 8.41. The van der Waals surface area contributed by atoms with Gasteiger partial charge in [0.25, 0.3) is 0 Å². The van der Waals surface area contributed by atoms with E-state index in [1.807, 2.05) is 0 Å². The summed E-state index contributed by atoms with van der Waals surface area (Å²) in [4.78, 5) is 4.66. The van der Waals surface area contributed by atoms with Crippen LogP contribution in [0.2, 0.25) is 0 Å². The Hall–Kier alpha value is -1.77. The largest absolute Gasteiger partial charge is 0.357 e. The van der Waals surface area contributed by atoms with Gasteiger partial charge in [-0.15, -0.1) is 0 Å². The Morgan fingerprint density at radius 3 is 2.65 bits per heavy atom. The summed E-state index contributed by atoms with van der Waals surface area (Å²) in [5.74, 6) is 0.953. The van der Waals surface area contributed by atoms with Crippen molar-refractivity contribution in [2.45, 2.75) is 38.6 Å². The van der Waals surface area contributed by atoms with Crippen LogP contribution in [0.4, 0.5) is 0 Å². The minimum absolute atomic E-state index is 0.516. The molecule has 1 aromatic carbocycles. The van der Waals surface area contributed by atoms with Gasteiger partial charge in [-0.3, -0.25) is 4.99 Å². The second-order valence-electron chi connectivity index (χ2n) is 5.13. The lowest BCUT2D eigenvalue weighted by Crippen LogP contribution is -2.42. The Bertz CT molecular complexity index is 429. The lowest BCUT2D eigenvalue weighted by atomic mass is 10.1. The average Bonchev–Trinajstić information content (AvgIpc) is 2.98. The fourth-order valence-corrected chi connectivity index (χ4v) is 2.37. The van der Waals surface area contributed by atoms with Crippen LogP contribution in [0.3, 0.4) is 0 Å². The van der Waals surface area contributed by atoms with Gasteiger partial charge in [0, 0.05) is 19.1 Å². The van der Waals surface area contributed by atoms with Gasteiger partial charge in [-0.1, -0.05) is 42.5 Å². The topological polar surface area (TPSA) is 36.4 Å². The molecule has 0 aromatic heterocycles. The maximum Gasteiger partial charge on any atom is 0.191 e. The van der Waals surface area contributed by atoms with Crippen LogP contribution in [0.25, 0.3) is 0 Å². The molecule has 108 valence electrons. The van der Waals surface area contributed by atoms with Crippen molar-refractivity contribution in [3.63, 3.8) is 0 Å². The third kappa shape index (κ3) is 5.08. The monoisotopic (exact) mass is 271 g/mol. The highest BCUT2D eigenvalue weighted by atomic mass is 15.2. The maximum absolute atomic E-state index is 4.66. The molecule has 0 spiro atoms. The van der Waals surface area contributed by atoms with Crippen molar-refractivity contribution >= 4 is 5.96 Å². The van der Waals surface area contributed by atoms with Gasteiger partial charge in [0.05, 0.1) is 0 Å². The first-order chi connectivity index (χ1) is 9.88. The summed E-state index contributed by atoms with van der Waals surface area (Å²) < 4.78 is 0. The lowest BCUT2D eigenvalue weighted by molar-refractivity contribution is 0.632. The van der Waals surface area contributed by atoms with Gasteiger partial charge in [-0.25, -0.2) is 0 Å². The zero-order valence-electron chi connectivity index (χ0n) is 12.3. The SMILES string of the molecule is CCNC(=NCCCc1ccccc1)NC1CC=CC1. The number of hydrogen-bond donors (Lipinski definition) is 2. The van der Waals surface area contributed by atoms with Crippen molar-refractivity contribution in [1.82, 2.24) is 10.6 Å². The van der Waals surface area contributed by atoms with E-state index in [1.54, 1.807) is 0 Å². The highest BCUT2D eigenvalue weighted by molar-refractivity contribution is 5.80. The molecule has 1 aliphatic carbocycles. The van der Waals surface area contributed by atoms with Gasteiger partial charge in [-0.05, 0) is 38.2 Å². The Balaban J connectivity index is 1.73. The number of hydrogen-bond acceptors (Lipinski definition) is 1. The second-order valence-corrected chi connectivity index (χ2v) is 5.13. The van der Waals surface area contributed by atoms with Crippen LogP contribution in [-0.4, -0.2) is 25.1 Å². The summed E-state index contributed by atoms with van der Waals surface area (Å²) in [6.45, 7) is 3.88. The van der Waals surface area contributed by atoms with Crippen LogP contribution in [-0.2, 0) is 6.42 Å². The summed E-state index contributed by atoms with van der Waals surface area (Å²) in [7, 11) is 0. The predicted octanol–water partition coefficient (Wildman–Crippen LogP) is 2.89. The molecule has 0 saturated heterocycles. The highest BCUT2D eigenvalue weighted by Gasteiger charge is 2.11. The highest BCUT2D eigenvalue weighted by Crippen LogP contribution is 2.08. The van der Waals surface area contributed by atoms with E-state index in [2.05, 4.69) is 65.0 Å². The molecule has 3 heteroatoms. The molecule has 0 amide bonds. The van der Waals surface area contributed by atoms with Crippen molar-refractivity contribution in [3.8, 4) is 0 Å². The van der Waals surface area contributed by atoms with Gasteiger partial charge in [-0.2, -0.15) is 0 Å². The van der Waals surface area contributed by atoms with E-state index < -0.39 is 0 Å². The normalized spacial score (nSPS) is 15.6. The Kier molecular flexibility index (Phi) is 6.15. The molecule has 20 heavy (non-hydrogen) atoms. The van der Waals surface area contributed by atoms with Gasteiger partial charge in [0.2, 0.25) is 0 Å². The van der Waals surface area contributed by atoms with E-state index in [0.717, 1.165) is 44.7 Å². The standard InChI is InChI=1S/C17H25N3/c1-2-18-17(20-16-12-6-7-13-16)19-14-8-11-15-9-4-3-5-10-15/h3-7,9-10,16H,2,8,11-14H2,1H3,(H2,18,19,20). The van der Waals surface area contributed by atoms with E-state index in [1.165, 1.54) is 5.56 Å². The maximum atomic E-state index is 4.66. The van der Waals surface area contributed by atoms with Gasteiger partial charge >= 0.3 is 0 Å². The van der Waals surface area contributed by atoms with E-state index in [9.17, 15) is 0 Å². The first-order valence-electron chi connectivity index (χ1n) is 7.62. The van der Waals surface area contributed by atoms with Crippen molar-refractivity contribution in [1.29, 1.82) is 0 Å². The fraction of sp³-hybridized carbons (Fsp3) is 0.471. The molecule has 0 heterocycles. The predicted molar refractivity (Wildman–Crippen MR) is 86.0 cm³/mol.